The van der Waals surface area contributed by atoms with Crippen LogP contribution >= 0.6 is 11.8 Å². The first-order valence-electron chi connectivity index (χ1n) is 15.5. The van der Waals surface area contributed by atoms with E-state index in [9.17, 15) is 24.6 Å². The lowest BCUT2D eigenvalue weighted by Gasteiger charge is -2.36. The molecule has 4 aromatic rings. The minimum absolute atomic E-state index is 0.0534. The highest BCUT2D eigenvalue weighted by atomic mass is 32.2. The van der Waals surface area contributed by atoms with E-state index in [0.717, 1.165) is 27.8 Å². The van der Waals surface area contributed by atoms with Crippen LogP contribution in [0.15, 0.2) is 108 Å². The van der Waals surface area contributed by atoms with Crippen LogP contribution in [-0.2, 0) is 38.6 Å². The molecule has 0 saturated carbocycles. The highest BCUT2D eigenvalue weighted by molar-refractivity contribution is 7.99. The molecule has 4 unspecified atom stereocenters. The second-order valence-electron chi connectivity index (χ2n) is 11.3. The van der Waals surface area contributed by atoms with E-state index in [1.807, 2.05) is 84.9 Å². The molecule has 1 aliphatic heterocycles. The maximum atomic E-state index is 12.7. The van der Waals surface area contributed by atoms with E-state index >= 15 is 0 Å². The van der Waals surface area contributed by atoms with E-state index in [2.05, 4.69) is 10.6 Å². The first-order valence-corrected chi connectivity index (χ1v) is 16.5. The molecule has 0 spiro atoms. The SMILES string of the molecule is COC(=O)C(Cc1ccccc1)NC(=O)NCc1ccc(C2OC(CSc3ccccc3C(=O)O)CC(c3ccc(CO)cc3)O2)cc1. The molecule has 1 aliphatic rings. The van der Waals surface area contributed by atoms with E-state index < -0.39 is 30.3 Å². The van der Waals surface area contributed by atoms with Gasteiger partial charge in [0.05, 0.1) is 31.5 Å². The van der Waals surface area contributed by atoms with Crippen LogP contribution in [0.5, 0.6) is 0 Å². The van der Waals surface area contributed by atoms with Gasteiger partial charge in [0.2, 0.25) is 0 Å². The number of aromatic carboxylic acids is 1. The zero-order valence-electron chi connectivity index (χ0n) is 26.4. The quantitative estimate of drug-likeness (QED) is 0.103. The number of nitrogens with one attached hydrogen (secondary N) is 2. The van der Waals surface area contributed by atoms with Crippen molar-refractivity contribution in [1.82, 2.24) is 10.6 Å². The average Bonchev–Trinajstić information content (AvgIpc) is 3.13. The number of aliphatic hydroxyl groups excluding tert-OH is 1. The molecule has 0 aliphatic carbocycles. The molecule has 1 fully saturated rings. The first kappa shape index (κ1) is 34.6. The van der Waals surface area contributed by atoms with Crippen LogP contribution in [0.2, 0.25) is 0 Å². The number of thioether (sulfide) groups is 1. The van der Waals surface area contributed by atoms with Gasteiger partial charge in [0.1, 0.15) is 6.04 Å². The van der Waals surface area contributed by atoms with Crippen molar-refractivity contribution in [3.05, 3.63) is 137 Å². The van der Waals surface area contributed by atoms with Gasteiger partial charge in [-0.1, -0.05) is 91.0 Å². The van der Waals surface area contributed by atoms with Crippen molar-refractivity contribution < 1.29 is 38.8 Å². The lowest BCUT2D eigenvalue weighted by molar-refractivity contribution is -0.245. The third-order valence-corrected chi connectivity index (χ3v) is 9.14. The average molecular weight is 671 g/mol. The van der Waals surface area contributed by atoms with Crippen LogP contribution in [-0.4, -0.2) is 53.2 Å². The fourth-order valence-corrected chi connectivity index (χ4v) is 6.41. The summed E-state index contributed by atoms with van der Waals surface area (Å²) >= 11 is 1.43. The largest absolute Gasteiger partial charge is 0.478 e. The molecule has 2 amide bonds. The maximum Gasteiger partial charge on any atom is 0.336 e. The molecule has 4 N–H and O–H groups in total. The number of aliphatic hydroxyl groups is 1. The van der Waals surface area contributed by atoms with Gasteiger partial charge in [-0.25, -0.2) is 14.4 Å². The second kappa shape index (κ2) is 16.9. The summed E-state index contributed by atoms with van der Waals surface area (Å²) in [5, 5.41) is 24.6. The van der Waals surface area contributed by atoms with Gasteiger partial charge in [0.25, 0.3) is 0 Å². The Hall–Kier alpha value is -4.68. The molecular weight excluding hydrogens is 632 g/mol. The van der Waals surface area contributed by atoms with Crippen molar-refractivity contribution in [3.8, 4) is 0 Å². The molecule has 0 radical (unpaired) electrons. The maximum absolute atomic E-state index is 12.7. The Bertz CT molecular complexity index is 1670. The Balaban J connectivity index is 1.23. The molecule has 10 nitrogen and oxygen atoms in total. The summed E-state index contributed by atoms with van der Waals surface area (Å²) in [5.41, 5.74) is 4.51. The summed E-state index contributed by atoms with van der Waals surface area (Å²) in [6.45, 7) is 0.169. The van der Waals surface area contributed by atoms with Crippen molar-refractivity contribution in [3.63, 3.8) is 0 Å². The Labute approximate surface area is 283 Å². The molecule has 1 saturated heterocycles. The lowest BCUT2D eigenvalue weighted by atomic mass is 10.0. The van der Waals surface area contributed by atoms with Gasteiger partial charge in [0, 0.05) is 35.6 Å². The Kier molecular flexibility index (Phi) is 12.2. The molecule has 0 bridgehead atoms. The van der Waals surface area contributed by atoms with Crippen molar-refractivity contribution in [2.75, 3.05) is 12.9 Å². The summed E-state index contributed by atoms with van der Waals surface area (Å²) in [4.78, 5) is 37.4. The van der Waals surface area contributed by atoms with Crippen LogP contribution < -0.4 is 10.6 Å². The molecular formula is C37H38N2O8S. The van der Waals surface area contributed by atoms with Gasteiger partial charge in [-0.15, -0.1) is 11.8 Å². The number of carbonyl (C=O) groups excluding carboxylic acids is 2. The second-order valence-corrected chi connectivity index (χ2v) is 12.4. The number of ether oxygens (including phenoxy) is 3. The minimum Gasteiger partial charge on any atom is -0.478 e. The van der Waals surface area contributed by atoms with Crippen molar-refractivity contribution >= 4 is 29.7 Å². The fraction of sp³-hybridized carbons (Fsp3) is 0.270. The number of amides is 2. The van der Waals surface area contributed by atoms with Crippen molar-refractivity contribution in [2.45, 2.75) is 55.4 Å². The van der Waals surface area contributed by atoms with Crippen LogP contribution in [0.25, 0.3) is 0 Å². The van der Waals surface area contributed by atoms with Gasteiger partial charge in [0.15, 0.2) is 6.29 Å². The molecule has 11 heteroatoms. The predicted molar refractivity (Wildman–Crippen MR) is 180 cm³/mol. The summed E-state index contributed by atoms with van der Waals surface area (Å²) in [6.07, 6.45) is -0.367. The number of hydrogen-bond donors (Lipinski definition) is 4. The lowest BCUT2D eigenvalue weighted by Crippen LogP contribution is -2.47. The molecule has 250 valence electrons. The van der Waals surface area contributed by atoms with Crippen LogP contribution in [0, 0.1) is 0 Å². The zero-order chi connectivity index (χ0) is 33.9. The van der Waals surface area contributed by atoms with E-state index in [-0.39, 0.29) is 30.9 Å². The van der Waals surface area contributed by atoms with E-state index in [1.165, 1.54) is 18.9 Å². The summed E-state index contributed by atoms with van der Waals surface area (Å²) in [5.74, 6) is -0.992. The van der Waals surface area contributed by atoms with E-state index in [0.29, 0.717) is 23.5 Å². The van der Waals surface area contributed by atoms with E-state index in [1.54, 1.807) is 18.2 Å². The number of carbonyl (C=O) groups is 3. The summed E-state index contributed by atoms with van der Waals surface area (Å²) in [7, 11) is 1.29. The zero-order valence-corrected chi connectivity index (χ0v) is 27.2. The first-order chi connectivity index (χ1) is 23.3. The number of urea groups is 1. The molecule has 48 heavy (non-hydrogen) atoms. The molecule has 5 rings (SSSR count). The predicted octanol–water partition coefficient (Wildman–Crippen LogP) is 5.80. The molecule has 1 heterocycles. The number of rotatable bonds is 13. The highest BCUT2D eigenvalue weighted by Crippen LogP contribution is 2.39. The molecule has 4 atom stereocenters. The number of hydrogen-bond acceptors (Lipinski definition) is 8. The third-order valence-electron chi connectivity index (χ3n) is 7.94. The summed E-state index contributed by atoms with van der Waals surface area (Å²) in [6, 6.07) is 30.1. The Morgan fingerprint density at radius 2 is 1.52 bits per heavy atom. The van der Waals surface area contributed by atoms with Gasteiger partial charge in [-0.2, -0.15) is 0 Å². The number of carboxylic acid groups (broad SMARTS) is 1. The Morgan fingerprint density at radius 1 is 0.854 bits per heavy atom. The topological polar surface area (TPSA) is 143 Å². The molecule has 0 aromatic heterocycles. The smallest absolute Gasteiger partial charge is 0.336 e. The van der Waals surface area contributed by atoms with Gasteiger partial charge < -0.3 is 35.1 Å². The minimum atomic E-state index is -0.978. The Morgan fingerprint density at radius 3 is 2.21 bits per heavy atom. The fourth-order valence-electron chi connectivity index (χ4n) is 5.34. The molecule has 4 aromatic carbocycles. The standard InChI is InChI=1S/C37H38N2O8S/c1-45-35(43)31(19-24-7-3-2-4-8-24)39-37(44)38-21-25-11-17-28(18-12-25)36-46-29(23-48-33-10-6-5-9-30(33)34(41)42)20-32(47-36)27-15-13-26(22-40)14-16-27/h2-18,29,31-32,36,40H,19-23H2,1H3,(H,41,42)(H2,38,39,44). The van der Waals surface area contributed by atoms with Gasteiger partial charge >= 0.3 is 18.0 Å². The van der Waals surface area contributed by atoms with Crippen molar-refractivity contribution in [2.24, 2.45) is 0 Å². The van der Waals surface area contributed by atoms with Gasteiger partial charge in [-0.05, 0) is 34.4 Å². The van der Waals surface area contributed by atoms with E-state index in [4.69, 9.17) is 14.2 Å². The van der Waals surface area contributed by atoms with Crippen LogP contribution in [0.1, 0.15) is 57.0 Å². The van der Waals surface area contributed by atoms with Crippen molar-refractivity contribution in [1.29, 1.82) is 0 Å². The third kappa shape index (κ3) is 9.45. The van der Waals surface area contributed by atoms with Gasteiger partial charge in [-0.3, -0.25) is 0 Å². The number of carboxylic acids is 1. The number of benzene rings is 4. The highest BCUT2D eigenvalue weighted by Gasteiger charge is 2.32. The summed E-state index contributed by atoms with van der Waals surface area (Å²) < 4.78 is 17.7. The monoisotopic (exact) mass is 670 g/mol. The van der Waals surface area contributed by atoms with Crippen LogP contribution in [0.4, 0.5) is 4.79 Å². The number of methoxy groups -OCH3 is 1. The van der Waals surface area contributed by atoms with Crippen LogP contribution in [0.3, 0.4) is 0 Å². The normalized spacial score (nSPS) is 18.0. The number of esters is 1.